The lowest BCUT2D eigenvalue weighted by Crippen LogP contribution is -2.44. The highest BCUT2D eigenvalue weighted by atomic mass is 16.1. The molecule has 1 amide bonds. The highest BCUT2D eigenvalue weighted by Gasteiger charge is 2.34. The number of hydrogen-bond donors (Lipinski definition) is 3. The maximum absolute atomic E-state index is 11.9. The van der Waals surface area contributed by atoms with Crippen LogP contribution in [0.5, 0.6) is 0 Å². The number of benzene rings is 1. The molecule has 2 fully saturated rings. The van der Waals surface area contributed by atoms with E-state index < -0.39 is 0 Å². The molecule has 1 aromatic rings. The summed E-state index contributed by atoms with van der Waals surface area (Å²) in [6.07, 6.45) is 7.86. The lowest BCUT2D eigenvalue weighted by atomic mass is 9.88. The Hall–Kier alpha value is -1.55. The molecule has 1 saturated heterocycles. The Kier molecular flexibility index (Phi) is 5.77. The van der Waals surface area contributed by atoms with E-state index in [0.717, 1.165) is 17.3 Å². The first-order chi connectivity index (χ1) is 11.6. The van der Waals surface area contributed by atoms with Crippen molar-refractivity contribution in [2.75, 3.05) is 17.2 Å². The molecule has 1 saturated carbocycles. The monoisotopic (exact) mass is 329 g/mol. The first-order valence-electron chi connectivity index (χ1n) is 9.54. The van der Waals surface area contributed by atoms with Crippen LogP contribution in [-0.2, 0) is 4.79 Å². The summed E-state index contributed by atoms with van der Waals surface area (Å²) in [5.41, 5.74) is 1.99. The fraction of sp³-hybridized carbons (Fsp3) is 0.650. The van der Waals surface area contributed by atoms with Gasteiger partial charge in [0.05, 0.1) is 0 Å². The normalized spacial score (nSPS) is 27.2. The molecule has 0 bridgehead atoms. The number of carbonyl (C=O) groups excluding carboxylic acids is 1. The molecule has 3 atom stereocenters. The Morgan fingerprint density at radius 2 is 1.96 bits per heavy atom. The second-order valence-electron chi connectivity index (χ2n) is 7.63. The fourth-order valence-corrected chi connectivity index (χ4v) is 4.08. The van der Waals surface area contributed by atoms with E-state index in [4.69, 9.17) is 0 Å². The van der Waals surface area contributed by atoms with Crippen molar-refractivity contribution in [1.82, 2.24) is 5.32 Å². The summed E-state index contributed by atoms with van der Waals surface area (Å²) in [4.78, 5) is 11.9. The number of nitrogens with one attached hydrogen (secondary N) is 3. The van der Waals surface area contributed by atoms with Crippen LogP contribution in [0.3, 0.4) is 0 Å². The summed E-state index contributed by atoms with van der Waals surface area (Å²) in [6, 6.07) is 9.35. The van der Waals surface area contributed by atoms with Gasteiger partial charge >= 0.3 is 0 Å². The van der Waals surface area contributed by atoms with E-state index >= 15 is 0 Å². The molecule has 4 heteroatoms. The maximum atomic E-state index is 11.9. The van der Waals surface area contributed by atoms with Crippen molar-refractivity contribution < 1.29 is 4.79 Å². The highest BCUT2D eigenvalue weighted by Crippen LogP contribution is 2.34. The predicted molar refractivity (Wildman–Crippen MR) is 100 cm³/mol. The molecule has 4 nitrogen and oxygen atoms in total. The van der Waals surface area contributed by atoms with Crippen LogP contribution >= 0.6 is 0 Å². The van der Waals surface area contributed by atoms with Crippen molar-refractivity contribution >= 4 is 17.3 Å². The Morgan fingerprint density at radius 3 is 2.71 bits per heavy atom. The van der Waals surface area contributed by atoms with Crippen LogP contribution in [0.4, 0.5) is 11.4 Å². The minimum atomic E-state index is -0.00166. The molecule has 1 heterocycles. The molecule has 1 aromatic carbocycles. The Balaban J connectivity index is 1.63. The summed E-state index contributed by atoms with van der Waals surface area (Å²) in [6.45, 7) is 5.00. The second-order valence-corrected chi connectivity index (χ2v) is 7.63. The van der Waals surface area contributed by atoms with Gasteiger partial charge in [-0.3, -0.25) is 4.79 Å². The third kappa shape index (κ3) is 4.29. The molecular formula is C20H31N3O. The van der Waals surface area contributed by atoms with Crippen molar-refractivity contribution in [3.8, 4) is 0 Å². The largest absolute Gasteiger partial charge is 0.382 e. The lowest BCUT2D eigenvalue weighted by Gasteiger charge is -2.33. The number of rotatable bonds is 5. The van der Waals surface area contributed by atoms with Gasteiger partial charge in [-0.05, 0) is 56.3 Å². The molecule has 1 aliphatic carbocycles. The summed E-state index contributed by atoms with van der Waals surface area (Å²) in [5.74, 6) is 0.787. The minimum Gasteiger partial charge on any atom is -0.382 e. The first-order valence-corrected chi connectivity index (χ1v) is 9.54. The maximum Gasteiger partial charge on any atom is 0.226 e. The van der Waals surface area contributed by atoms with E-state index in [9.17, 15) is 4.79 Å². The van der Waals surface area contributed by atoms with E-state index in [1.165, 1.54) is 45.1 Å². The highest BCUT2D eigenvalue weighted by molar-refractivity contribution is 5.92. The summed E-state index contributed by atoms with van der Waals surface area (Å²) < 4.78 is 0. The Labute approximate surface area is 145 Å². The van der Waals surface area contributed by atoms with Crippen molar-refractivity contribution in [3.63, 3.8) is 0 Å². The summed E-state index contributed by atoms with van der Waals surface area (Å²) in [7, 11) is 0. The lowest BCUT2D eigenvalue weighted by molar-refractivity contribution is -0.118. The average Bonchev–Trinajstić information content (AvgIpc) is 3.04. The van der Waals surface area contributed by atoms with Crippen LogP contribution in [0.1, 0.15) is 52.4 Å². The van der Waals surface area contributed by atoms with Crippen LogP contribution in [0.2, 0.25) is 0 Å². The Morgan fingerprint density at radius 1 is 1.12 bits per heavy atom. The van der Waals surface area contributed by atoms with Crippen molar-refractivity contribution in [3.05, 3.63) is 24.3 Å². The van der Waals surface area contributed by atoms with E-state index in [1.54, 1.807) is 0 Å². The van der Waals surface area contributed by atoms with Crippen molar-refractivity contribution in [1.29, 1.82) is 0 Å². The number of hydrogen-bond acceptors (Lipinski definition) is 3. The smallest absolute Gasteiger partial charge is 0.226 e. The second kappa shape index (κ2) is 8.02. The average molecular weight is 329 g/mol. The molecule has 24 heavy (non-hydrogen) atoms. The van der Waals surface area contributed by atoms with E-state index in [2.05, 4.69) is 28.1 Å². The van der Waals surface area contributed by atoms with Gasteiger partial charge in [0.15, 0.2) is 0 Å². The van der Waals surface area contributed by atoms with E-state index in [0.29, 0.717) is 12.1 Å². The zero-order valence-corrected chi connectivity index (χ0v) is 15.0. The molecule has 0 spiro atoms. The number of piperidine rings is 1. The molecule has 132 valence electrons. The van der Waals surface area contributed by atoms with Crippen LogP contribution in [0, 0.1) is 11.8 Å². The molecule has 0 aromatic heterocycles. The van der Waals surface area contributed by atoms with Crippen LogP contribution in [0.25, 0.3) is 0 Å². The van der Waals surface area contributed by atoms with Gasteiger partial charge < -0.3 is 16.0 Å². The zero-order valence-electron chi connectivity index (χ0n) is 15.0. The van der Waals surface area contributed by atoms with Gasteiger partial charge in [0, 0.05) is 29.4 Å². The molecule has 3 N–H and O–H groups in total. The van der Waals surface area contributed by atoms with Crippen LogP contribution < -0.4 is 16.0 Å². The summed E-state index contributed by atoms with van der Waals surface area (Å²) in [5, 5.41) is 10.5. The van der Waals surface area contributed by atoms with Crippen LogP contribution in [-0.4, -0.2) is 24.5 Å². The van der Waals surface area contributed by atoms with Gasteiger partial charge in [0.25, 0.3) is 0 Å². The molecule has 2 aliphatic rings. The predicted octanol–water partition coefficient (Wildman–Crippen LogP) is 4.00. The van der Waals surface area contributed by atoms with Crippen molar-refractivity contribution in [2.24, 2.45) is 11.8 Å². The third-order valence-corrected chi connectivity index (χ3v) is 5.44. The third-order valence-electron chi connectivity index (χ3n) is 5.44. The van der Waals surface area contributed by atoms with Gasteiger partial charge in [-0.25, -0.2) is 0 Å². The van der Waals surface area contributed by atoms with Gasteiger partial charge in [0.1, 0.15) is 0 Å². The van der Waals surface area contributed by atoms with Gasteiger partial charge in [-0.15, -0.1) is 0 Å². The minimum absolute atomic E-state index is 0.00166. The topological polar surface area (TPSA) is 53.2 Å². The van der Waals surface area contributed by atoms with Gasteiger partial charge in [-0.2, -0.15) is 0 Å². The standard InChI is InChI=1S/C20H31N3O/c1-14(2)20(24)23-16-8-5-7-15(13-16)22-19-11-6-9-17(19)18-10-3-4-12-21-18/h5,7-8,13-14,17-19,21-22H,3-4,6,9-12H2,1-2H3,(H,23,24). The first kappa shape index (κ1) is 17.3. The fourth-order valence-electron chi connectivity index (χ4n) is 4.08. The summed E-state index contributed by atoms with van der Waals surface area (Å²) >= 11 is 0. The van der Waals surface area contributed by atoms with E-state index in [1.807, 2.05) is 26.0 Å². The number of anilines is 2. The SMILES string of the molecule is CC(C)C(=O)Nc1cccc(NC2CCCC2C2CCCCN2)c1. The Bertz CT molecular complexity index is 552. The zero-order chi connectivity index (χ0) is 16.9. The quantitative estimate of drug-likeness (QED) is 0.765. The van der Waals surface area contributed by atoms with Crippen molar-refractivity contribution in [2.45, 2.75) is 64.5 Å². The van der Waals surface area contributed by atoms with Crippen LogP contribution in [0.15, 0.2) is 24.3 Å². The molecular weight excluding hydrogens is 298 g/mol. The molecule has 3 rings (SSSR count). The molecule has 0 radical (unpaired) electrons. The van der Waals surface area contributed by atoms with Gasteiger partial charge in [0.2, 0.25) is 5.91 Å². The van der Waals surface area contributed by atoms with E-state index in [-0.39, 0.29) is 11.8 Å². The molecule has 1 aliphatic heterocycles. The number of carbonyl (C=O) groups is 1. The molecule has 3 unspecified atom stereocenters. The number of amides is 1. The van der Waals surface area contributed by atoms with Gasteiger partial charge in [-0.1, -0.05) is 32.8 Å².